The molecule has 3 atom stereocenters. The van der Waals surface area contributed by atoms with E-state index in [-0.39, 0.29) is 5.78 Å². The molecule has 0 bridgehead atoms. The Morgan fingerprint density at radius 2 is 1.46 bits per heavy atom. The predicted molar refractivity (Wildman–Crippen MR) is 119 cm³/mol. The lowest BCUT2D eigenvalue weighted by Crippen LogP contribution is -2.28. The maximum Gasteiger partial charge on any atom is 0.348 e. The highest BCUT2D eigenvalue weighted by Crippen LogP contribution is 2.60. The number of benzene rings is 2. The zero-order valence-electron chi connectivity index (χ0n) is 17.0. The van der Waals surface area contributed by atoms with E-state index in [4.69, 9.17) is 9.05 Å². The molecule has 152 valence electrons. The predicted octanol–water partition coefficient (Wildman–Crippen LogP) is 4.81. The number of rotatable bonds is 11. The fourth-order valence-corrected chi connectivity index (χ4v) is 8.39. The van der Waals surface area contributed by atoms with Crippen molar-refractivity contribution in [3.63, 3.8) is 0 Å². The van der Waals surface area contributed by atoms with Crippen LogP contribution in [0, 0.1) is 0 Å². The third-order valence-electron chi connectivity index (χ3n) is 5.08. The first kappa shape index (κ1) is 21.7. The number of hydrogen-bond donors (Lipinski definition) is 0. The van der Waals surface area contributed by atoms with Crippen LogP contribution in [-0.2, 0) is 13.6 Å². The molecule has 4 nitrogen and oxygen atoms in total. The van der Waals surface area contributed by atoms with Crippen molar-refractivity contribution >= 4 is 26.1 Å². The molecule has 1 saturated heterocycles. The molecule has 2 aromatic carbocycles. The summed E-state index contributed by atoms with van der Waals surface area (Å²) in [7, 11) is -3.53. The highest BCUT2D eigenvalue weighted by Gasteiger charge is 2.53. The molecule has 0 aromatic heterocycles. The van der Waals surface area contributed by atoms with E-state index in [9.17, 15) is 4.57 Å². The van der Waals surface area contributed by atoms with E-state index < -0.39 is 15.5 Å². The van der Waals surface area contributed by atoms with Crippen LogP contribution in [0.25, 0.3) is 0 Å². The summed E-state index contributed by atoms with van der Waals surface area (Å²) in [5.74, 6) is -0.0965. The molecule has 6 heteroatoms. The summed E-state index contributed by atoms with van der Waals surface area (Å²) in [4.78, 5) is 2.33. The molecule has 3 rings (SSSR count). The molecule has 1 aliphatic heterocycles. The summed E-state index contributed by atoms with van der Waals surface area (Å²) in [6.07, 6.45) is 2.07. The third-order valence-corrected chi connectivity index (χ3v) is 10.1. The summed E-state index contributed by atoms with van der Waals surface area (Å²) < 4.78 is 24.3. The van der Waals surface area contributed by atoms with Crippen LogP contribution in [0.4, 0.5) is 0 Å². The van der Waals surface area contributed by atoms with Crippen molar-refractivity contribution in [2.75, 3.05) is 25.9 Å². The Balaban J connectivity index is 1.79. The van der Waals surface area contributed by atoms with Crippen LogP contribution in [0.1, 0.15) is 27.2 Å². The molecule has 28 heavy (non-hydrogen) atoms. The van der Waals surface area contributed by atoms with Gasteiger partial charge in [0.2, 0.25) is 0 Å². The molecule has 0 N–H and O–H groups in total. The molecule has 0 saturated carbocycles. The molecule has 0 radical (unpaired) electrons. The molecule has 1 fully saturated rings. The van der Waals surface area contributed by atoms with Crippen molar-refractivity contribution in [2.45, 2.75) is 39.0 Å². The average Bonchev–Trinajstić information content (AvgIpc) is 3.52. The van der Waals surface area contributed by atoms with Gasteiger partial charge in [-0.15, -0.1) is 0 Å². The molecular weight excluding hydrogens is 388 g/mol. The van der Waals surface area contributed by atoms with Gasteiger partial charge < -0.3 is 9.05 Å². The summed E-state index contributed by atoms with van der Waals surface area (Å²) in [6.45, 7) is 7.59. The second kappa shape index (κ2) is 10.1. The lowest BCUT2D eigenvalue weighted by Gasteiger charge is -2.26. The van der Waals surface area contributed by atoms with Gasteiger partial charge in [0.05, 0.1) is 13.2 Å². The Hall–Kier alpha value is -1.02. The molecular formula is C22H31NO3P2. The first-order valence-electron chi connectivity index (χ1n) is 10.1. The van der Waals surface area contributed by atoms with Crippen LogP contribution in [0.15, 0.2) is 60.7 Å². The first-order chi connectivity index (χ1) is 13.6. The van der Waals surface area contributed by atoms with Crippen molar-refractivity contribution < 1.29 is 13.6 Å². The largest absolute Gasteiger partial charge is 0.348 e. The maximum atomic E-state index is 13.2. The minimum atomic E-state index is -3.06. The molecule has 0 aliphatic carbocycles. The number of nitrogens with zero attached hydrogens (tertiary/aromatic N) is 1. The monoisotopic (exact) mass is 419 g/mol. The van der Waals surface area contributed by atoms with E-state index in [1.807, 2.05) is 13.8 Å². The zero-order chi connectivity index (χ0) is 20.0. The van der Waals surface area contributed by atoms with E-state index in [0.717, 1.165) is 19.1 Å². The second-order valence-corrected chi connectivity index (χ2v) is 11.3. The summed E-state index contributed by atoms with van der Waals surface area (Å²) >= 11 is 0. The van der Waals surface area contributed by atoms with Gasteiger partial charge in [0, 0.05) is 12.6 Å². The fourth-order valence-electron chi connectivity index (χ4n) is 3.64. The van der Waals surface area contributed by atoms with Crippen molar-refractivity contribution in [1.82, 2.24) is 4.90 Å². The molecule has 0 spiro atoms. The molecule has 2 aromatic rings. The summed E-state index contributed by atoms with van der Waals surface area (Å²) in [5, 5.41) is 2.77. The average molecular weight is 419 g/mol. The third kappa shape index (κ3) is 5.12. The zero-order valence-corrected chi connectivity index (χ0v) is 18.8. The van der Waals surface area contributed by atoms with Crippen molar-refractivity contribution in [3.05, 3.63) is 60.7 Å². The van der Waals surface area contributed by atoms with Crippen LogP contribution in [-0.4, -0.2) is 42.6 Å². The van der Waals surface area contributed by atoms with Gasteiger partial charge >= 0.3 is 7.60 Å². The van der Waals surface area contributed by atoms with Gasteiger partial charge in [-0.05, 0) is 45.0 Å². The molecule has 1 heterocycles. The minimum absolute atomic E-state index is 0.0965. The Labute approximate surface area is 170 Å². The summed E-state index contributed by atoms with van der Waals surface area (Å²) in [5.41, 5.74) is 0. The van der Waals surface area contributed by atoms with E-state index >= 15 is 0 Å². The first-order valence-corrected chi connectivity index (χ1v) is 13.3. The highest BCUT2D eigenvalue weighted by molar-refractivity contribution is 7.73. The van der Waals surface area contributed by atoms with Gasteiger partial charge in [-0.25, -0.2) is 0 Å². The van der Waals surface area contributed by atoms with Crippen LogP contribution in [0.5, 0.6) is 0 Å². The van der Waals surface area contributed by atoms with Gasteiger partial charge in [0.25, 0.3) is 0 Å². The maximum absolute atomic E-state index is 13.2. The van der Waals surface area contributed by atoms with Gasteiger partial charge in [0.1, 0.15) is 5.78 Å². The van der Waals surface area contributed by atoms with Crippen LogP contribution in [0.3, 0.4) is 0 Å². The Morgan fingerprint density at radius 1 is 0.964 bits per heavy atom. The molecule has 1 aliphatic rings. The van der Waals surface area contributed by atoms with E-state index in [1.165, 1.54) is 10.6 Å². The van der Waals surface area contributed by atoms with Crippen LogP contribution >= 0.6 is 15.5 Å². The normalized spacial score (nSPS) is 20.3. The van der Waals surface area contributed by atoms with Gasteiger partial charge in [-0.2, -0.15) is 0 Å². The lowest BCUT2D eigenvalue weighted by molar-refractivity contribution is 0.212. The van der Waals surface area contributed by atoms with Gasteiger partial charge in [-0.1, -0.05) is 67.6 Å². The van der Waals surface area contributed by atoms with E-state index in [1.54, 1.807) is 0 Å². The fraction of sp³-hybridized carbons (Fsp3) is 0.455. The molecule has 1 unspecified atom stereocenters. The summed E-state index contributed by atoms with van der Waals surface area (Å²) in [6, 6.07) is 21.9. The second-order valence-electron chi connectivity index (χ2n) is 6.90. The van der Waals surface area contributed by atoms with Gasteiger partial charge in [0.15, 0.2) is 0 Å². The Kier molecular flexibility index (Phi) is 7.85. The van der Waals surface area contributed by atoms with E-state index in [2.05, 4.69) is 72.5 Å². The quantitative estimate of drug-likeness (QED) is 0.387. The minimum Gasteiger partial charge on any atom is -0.308 e. The van der Waals surface area contributed by atoms with Crippen molar-refractivity contribution in [1.29, 1.82) is 0 Å². The SMILES string of the molecule is CCOP(=O)(OCC)[C@H]1CN1[C@H](CC)CP(c1ccccc1)c1ccccc1. The van der Waals surface area contributed by atoms with Crippen molar-refractivity contribution in [3.8, 4) is 0 Å². The number of hydrogen-bond acceptors (Lipinski definition) is 4. The Bertz CT molecular complexity index is 722. The topological polar surface area (TPSA) is 38.5 Å². The smallest absolute Gasteiger partial charge is 0.308 e. The highest BCUT2D eigenvalue weighted by atomic mass is 31.2. The molecule has 0 amide bonds. The van der Waals surface area contributed by atoms with Crippen LogP contribution in [0.2, 0.25) is 0 Å². The van der Waals surface area contributed by atoms with E-state index in [0.29, 0.717) is 19.3 Å². The van der Waals surface area contributed by atoms with Gasteiger partial charge in [-0.3, -0.25) is 9.46 Å². The van der Waals surface area contributed by atoms with Crippen LogP contribution < -0.4 is 10.6 Å². The van der Waals surface area contributed by atoms with Crippen molar-refractivity contribution in [2.24, 2.45) is 0 Å². The standard InChI is InChI=1S/C22H31NO3P2/c1-4-19(23-17-22(23)28(24,25-5-2)26-6-3)18-27(20-13-9-7-10-14-20)21-15-11-8-12-16-21/h7-16,19,22H,4-6,17-18H2,1-3H3/t19-,22+,23?/m1/s1. The Morgan fingerprint density at radius 3 is 1.89 bits per heavy atom. The lowest BCUT2D eigenvalue weighted by atomic mass is 10.3.